The number of amides is 2. The van der Waals surface area contributed by atoms with E-state index in [1.807, 2.05) is 46.4 Å². The maximum absolute atomic E-state index is 12.1. The predicted octanol–water partition coefficient (Wildman–Crippen LogP) is 1.97. The number of likely N-dealkylation sites (tertiary alicyclic amines) is 1. The molecule has 0 spiro atoms. The summed E-state index contributed by atoms with van der Waals surface area (Å²) in [7, 11) is 0. The fraction of sp³-hybridized carbons (Fsp3) is 0.842. The molecule has 2 amide bonds. The first-order valence-corrected chi connectivity index (χ1v) is 9.83. The van der Waals surface area contributed by atoms with E-state index in [1.165, 1.54) is 0 Å². The molecule has 0 atom stereocenters. The molecule has 1 heterocycles. The van der Waals surface area contributed by atoms with Gasteiger partial charge in [0.2, 0.25) is 11.8 Å². The predicted molar refractivity (Wildman–Crippen MR) is 121 cm³/mol. The number of carbonyl (C=O) groups excluding carboxylic acids is 2. The topological polar surface area (TPSA) is 85.8 Å². The second-order valence-corrected chi connectivity index (χ2v) is 7.84. The zero-order valence-corrected chi connectivity index (χ0v) is 20.1. The van der Waals surface area contributed by atoms with Gasteiger partial charge in [-0.2, -0.15) is 0 Å². The number of nitrogens with zero attached hydrogens (tertiary/aromatic N) is 2. The van der Waals surface area contributed by atoms with Crippen LogP contribution in [0.3, 0.4) is 0 Å². The first kappa shape index (κ1) is 25.9. The highest BCUT2D eigenvalue weighted by molar-refractivity contribution is 14.0. The van der Waals surface area contributed by atoms with Crippen molar-refractivity contribution in [3.05, 3.63) is 0 Å². The zero-order chi connectivity index (χ0) is 19.7. The molecule has 1 saturated heterocycles. The van der Waals surface area contributed by atoms with Gasteiger partial charge in [0.25, 0.3) is 0 Å². The van der Waals surface area contributed by atoms with E-state index in [4.69, 9.17) is 0 Å². The van der Waals surface area contributed by atoms with Gasteiger partial charge in [0.1, 0.15) is 0 Å². The van der Waals surface area contributed by atoms with Crippen LogP contribution in [0.5, 0.6) is 0 Å². The third-order valence-corrected chi connectivity index (χ3v) is 4.57. The standard InChI is InChI=1S/C19H37N5O2.HI/c1-7-20-17(26)19(5,6)13-22-18(21-8-2)23-15-9-11-24(12-10-15)16(25)14(3)4;/h14-15H,7-13H2,1-6H3,(H,20,26)(H2,21,22,23);1H. The molecule has 0 aromatic rings. The minimum absolute atomic E-state index is 0. The van der Waals surface area contributed by atoms with E-state index in [1.54, 1.807) is 0 Å². The highest BCUT2D eigenvalue weighted by Crippen LogP contribution is 2.16. The summed E-state index contributed by atoms with van der Waals surface area (Å²) in [6, 6.07) is 0.289. The molecule has 1 aliphatic heterocycles. The summed E-state index contributed by atoms with van der Waals surface area (Å²) in [4.78, 5) is 30.8. The number of nitrogens with one attached hydrogen (secondary N) is 3. The van der Waals surface area contributed by atoms with Gasteiger partial charge in [0, 0.05) is 38.1 Å². The van der Waals surface area contributed by atoms with E-state index >= 15 is 0 Å². The molecule has 0 unspecified atom stereocenters. The molecular weight excluding hydrogens is 457 g/mol. The van der Waals surface area contributed by atoms with Crippen LogP contribution in [0.1, 0.15) is 54.4 Å². The minimum Gasteiger partial charge on any atom is -0.357 e. The highest BCUT2D eigenvalue weighted by Gasteiger charge is 2.28. The van der Waals surface area contributed by atoms with Crippen LogP contribution in [-0.4, -0.2) is 61.4 Å². The van der Waals surface area contributed by atoms with Crippen molar-refractivity contribution >= 4 is 41.8 Å². The molecule has 1 aliphatic rings. The summed E-state index contributed by atoms with van der Waals surface area (Å²) >= 11 is 0. The smallest absolute Gasteiger partial charge is 0.227 e. The summed E-state index contributed by atoms with van der Waals surface area (Å²) in [5.41, 5.74) is -0.550. The number of aliphatic imine (C=N–C) groups is 1. The Bertz CT molecular complexity index is 500. The SMILES string of the molecule is CCNC(=O)C(C)(C)CN=C(NCC)NC1CCN(C(=O)C(C)C)CC1.I. The van der Waals surface area contributed by atoms with E-state index < -0.39 is 5.41 Å². The Morgan fingerprint density at radius 1 is 1.11 bits per heavy atom. The largest absolute Gasteiger partial charge is 0.357 e. The van der Waals surface area contributed by atoms with Crippen molar-refractivity contribution < 1.29 is 9.59 Å². The summed E-state index contributed by atoms with van der Waals surface area (Å²) in [5, 5.41) is 9.57. The van der Waals surface area contributed by atoms with Crippen LogP contribution in [0.15, 0.2) is 4.99 Å². The number of carbonyl (C=O) groups is 2. The second kappa shape index (κ2) is 12.4. The summed E-state index contributed by atoms with van der Waals surface area (Å²) < 4.78 is 0. The van der Waals surface area contributed by atoms with Gasteiger partial charge >= 0.3 is 0 Å². The van der Waals surface area contributed by atoms with Crippen LogP contribution in [-0.2, 0) is 9.59 Å². The van der Waals surface area contributed by atoms with Gasteiger partial charge in [0.05, 0.1) is 12.0 Å². The van der Waals surface area contributed by atoms with Gasteiger partial charge in [-0.25, -0.2) is 0 Å². The fourth-order valence-corrected chi connectivity index (χ4v) is 2.87. The van der Waals surface area contributed by atoms with Gasteiger partial charge < -0.3 is 20.9 Å². The van der Waals surface area contributed by atoms with E-state index in [0.29, 0.717) is 13.1 Å². The van der Waals surface area contributed by atoms with Gasteiger partial charge in [-0.15, -0.1) is 24.0 Å². The van der Waals surface area contributed by atoms with Crippen molar-refractivity contribution in [1.29, 1.82) is 0 Å². The highest BCUT2D eigenvalue weighted by atomic mass is 127. The number of hydrogen-bond donors (Lipinski definition) is 3. The van der Waals surface area contributed by atoms with Crippen LogP contribution in [0.4, 0.5) is 0 Å². The molecule has 0 aromatic carbocycles. The van der Waals surface area contributed by atoms with Crippen molar-refractivity contribution in [2.24, 2.45) is 16.3 Å². The summed E-state index contributed by atoms with van der Waals surface area (Å²) in [6.07, 6.45) is 1.81. The van der Waals surface area contributed by atoms with Crippen LogP contribution in [0.2, 0.25) is 0 Å². The normalized spacial score (nSPS) is 16.0. The molecule has 1 rings (SSSR count). The molecule has 0 saturated carbocycles. The van der Waals surface area contributed by atoms with Gasteiger partial charge in [-0.05, 0) is 40.5 Å². The van der Waals surface area contributed by atoms with E-state index in [-0.39, 0.29) is 47.8 Å². The summed E-state index contributed by atoms with van der Waals surface area (Å²) in [5.74, 6) is 1.03. The molecule has 0 radical (unpaired) electrons. The van der Waals surface area contributed by atoms with Gasteiger partial charge in [-0.3, -0.25) is 14.6 Å². The summed E-state index contributed by atoms with van der Waals surface area (Å²) in [6.45, 7) is 15.0. The van der Waals surface area contributed by atoms with E-state index in [2.05, 4.69) is 20.9 Å². The molecular formula is C19H38IN5O2. The van der Waals surface area contributed by atoms with Gasteiger partial charge in [-0.1, -0.05) is 13.8 Å². The fourth-order valence-electron chi connectivity index (χ4n) is 2.87. The molecule has 0 bridgehead atoms. The molecule has 7 nitrogen and oxygen atoms in total. The van der Waals surface area contributed by atoms with Crippen molar-refractivity contribution in [3.63, 3.8) is 0 Å². The van der Waals surface area contributed by atoms with Crippen LogP contribution >= 0.6 is 24.0 Å². The maximum Gasteiger partial charge on any atom is 0.227 e. The molecule has 3 N–H and O–H groups in total. The van der Waals surface area contributed by atoms with Crippen LogP contribution in [0.25, 0.3) is 0 Å². The lowest BCUT2D eigenvalue weighted by molar-refractivity contribution is -0.135. The Morgan fingerprint density at radius 2 is 1.67 bits per heavy atom. The first-order valence-electron chi connectivity index (χ1n) is 9.83. The van der Waals surface area contributed by atoms with Gasteiger partial charge in [0.15, 0.2) is 5.96 Å². The first-order chi connectivity index (χ1) is 12.2. The van der Waals surface area contributed by atoms with Crippen molar-refractivity contribution in [2.75, 3.05) is 32.7 Å². The third kappa shape index (κ3) is 8.66. The average Bonchev–Trinajstić information content (AvgIpc) is 2.60. The van der Waals surface area contributed by atoms with Crippen molar-refractivity contribution in [3.8, 4) is 0 Å². The number of halogens is 1. The quantitative estimate of drug-likeness (QED) is 0.287. The second-order valence-electron chi connectivity index (χ2n) is 7.84. The van der Waals surface area contributed by atoms with Crippen molar-refractivity contribution in [2.45, 2.75) is 60.4 Å². The molecule has 1 fully saturated rings. The Balaban J connectivity index is 0.00000676. The van der Waals surface area contributed by atoms with E-state index in [0.717, 1.165) is 38.4 Å². The average molecular weight is 495 g/mol. The maximum atomic E-state index is 12.1. The van der Waals surface area contributed by atoms with Crippen LogP contribution in [0, 0.1) is 11.3 Å². The molecule has 8 heteroatoms. The Morgan fingerprint density at radius 3 is 2.15 bits per heavy atom. The number of rotatable bonds is 7. The lowest BCUT2D eigenvalue weighted by Gasteiger charge is -2.34. The number of piperidine rings is 1. The lowest BCUT2D eigenvalue weighted by Crippen LogP contribution is -2.50. The molecule has 0 aromatic heterocycles. The monoisotopic (exact) mass is 495 g/mol. The number of hydrogen-bond acceptors (Lipinski definition) is 3. The third-order valence-electron chi connectivity index (χ3n) is 4.57. The van der Waals surface area contributed by atoms with Crippen LogP contribution < -0.4 is 16.0 Å². The minimum atomic E-state index is -0.550. The van der Waals surface area contributed by atoms with Crippen molar-refractivity contribution in [1.82, 2.24) is 20.9 Å². The number of guanidine groups is 1. The lowest BCUT2D eigenvalue weighted by atomic mass is 9.92. The Kier molecular flexibility index (Phi) is 11.9. The Labute approximate surface area is 181 Å². The molecule has 158 valence electrons. The van der Waals surface area contributed by atoms with E-state index in [9.17, 15) is 9.59 Å². The zero-order valence-electron chi connectivity index (χ0n) is 17.7. The Hall–Kier alpha value is -1.06. The molecule has 0 aliphatic carbocycles. The molecule has 27 heavy (non-hydrogen) atoms.